The Labute approximate surface area is 89.1 Å². The fourth-order valence-electron chi connectivity index (χ4n) is 0.337. The molecule has 4 nitrogen and oxygen atoms in total. The largest absolute Gasteiger partial charge is 0.504 e. The molecule has 14 heavy (non-hydrogen) atoms. The lowest BCUT2D eigenvalue weighted by molar-refractivity contribution is 0.324. The van der Waals surface area contributed by atoms with Crippen LogP contribution < -0.4 is 0 Å². The Morgan fingerprint density at radius 1 is 1.14 bits per heavy atom. The minimum Gasteiger partial charge on any atom is -0.150 e. The quantitative estimate of drug-likeness (QED) is 0.545. The number of hydrogen-bond acceptors (Lipinski definition) is 4. The summed E-state index contributed by atoms with van der Waals surface area (Å²) in [6.07, 6.45) is 2.11. The molecule has 0 aliphatic heterocycles. The first-order chi connectivity index (χ1) is 6.04. The molecule has 6 heteroatoms. The number of unbranched alkanes of at least 4 members (excludes halogenated alkanes) is 1. The van der Waals surface area contributed by atoms with Crippen molar-refractivity contribution in [2.75, 3.05) is 27.0 Å². The lowest BCUT2D eigenvalue weighted by Gasteiger charge is -1.84. The molecule has 0 saturated carbocycles. The summed E-state index contributed by atoms with van der Waals surface area (Å²) in [7, 11) is -1.29. The molecule has 0 N–H and O–H groups in total. The van der Waals surface area contributed by atoms with Crippen LogP contribution in [0.1, 0.15) is 27.2 Å². The van der Waals surface area contributed by atoms with Crippen LogP contribution in [-0.2, 0) is 18.2 Å². The monoisotopic (exact) mass is 244 g/mol. The van der Waals surface area contributed by atoms with E-state index in [-0.39, 0.29) is 7.43 Å². The Morgan fingerprint density at radius 2 is 1.57 bits per heavy atom. The van der Waals surface area contributed by atoms with Crippen molar-refractivity contribution in [3.05, 3.63) is 0 Å². The van der Waals surface area contributed by atoms with E-state index in [1.54, 1.807) is 6.66 Å². The first-order valence-electron chi connectivity index (χ1n) is 4.03. The highest BCUT2D eigenvalue weighted by atomic mass is 31.1. The zero-order valence-electron chi connectivity index (χ0n) is 8.65. The highest BCUT2D eigenvalue weighted by molar-refractivity contribution is 7.38. The van der Waals surface area contributed by atoms with E-state index in [1.165, 1.54) is 13.8 Å². The first kappa shape index (κ1) is 19.7. The van der Waals surface area contributed by atoms with Gasteiger partial charge in [0, 0.05) is 0 Å². The summed E-state index contributed by atoms with van der Waals surface area (Å²) in [5.74, 6) is 0. The van der Waals surface area contributed by atoms with Crippen LogP contribution in [0.5, 0.6) is 0 Å². The van der Waals surface area contributed by atoms with Gasteiger partial charge in [-0.3, -0.25) is 0 Å². The predicted octanol–water partition coefficient (Wildman–Crippen LogP) is 3.82. The minimum absolute atomic E-state index is 0. The molecule has 0 spiro atoms. The van der Waals surface area contributed by atoms with Crippen molar-refractivity contribution >= 4 is 16.1 Å². The maximum atomic E-state index is 10.2. The van der Waals surface area contributed by atoms with Crippen LogP contribution in [0.3, 0.4) is 0 Å². The van der Waals surface area contributed by atoms with E-state index in [1.807, 2.05) is 0 Å². The molecular weight excluding hydrogens is 222 g/mol. The van der Waals surface area contributed by atoms with Gasteiger partial charge in [-0.1, -0.05) is 20.8 Å². The van der Waals surface area contributed by atoms with Gasteiger partial charge in [0.05, 0.1) is 7.11 Å². The smallest absolute Gasteiger partial charge is 0.150 e. The Morgan fingerprint density at radius 3 is 1.79 bits per heavy atom. The second-order valence-corrected chi connectivity index (χ2v) is 4.63. The van der Waals surface area contributed by atoms with Crippen LogP contribution in [0.4, 0.5) is 0 Å². The van der Waals surface area contributed by atoms with Crippen molar-refractivity contribution in [2.45, 2.75) is 27.2 Å². The predicted molar refractivity (Wildman–Crippen MR) is 61.7 cm³/mol. The average molecular weight is 244 g/mol. The van der Waals surface area contributed by atoms with Crippen LogP contribution >= 0.6 is 16.1 Å². The van der Waals surface area contributed by atoms with E-state index >= 15 is 0 Å². The van der Waals surface area contributed by atoms with Gasteiger partial charge in [0.2, 0.25) is 0 Å². The van der Waals surface area contributed by atoms with Crippen molar-refractivity contribution < 1.29 is 18.2 Å². The van der Waals surface area contributed by atoms with Crippen molar-refractivity contribution in [3.63, 3.8) is 0 Å². The van der Waals surface area contributed by atoms with Crippen molar-refractivity contribution in [2.24, 2.45) is 0 Å². The minimum atomic E-state index is -1.36. The number of rotatable bonds is 5. The maximum Gasteiger partial charge on any atom is 0.504 e. The van der Waals surface area contributed by atoms with Gasteiger partial charge in [-0.15, -0.1) is 9.05 Å². The third-order valence-electron chi connectivity index (χ3n) is 1.03. The molecule has 2 unspecified atom stereocenters. The highest BCUT2D eigenvalue weighted by Crippen LogP contribution is 2.14. The normalized spacial score (nSPS) is 10.6. The summed E-state index contributed by atoms with van der Waals surface area (Å²) >= 11 is 0. The molecule has 86 valence electrons. The van der Waals surface area contributed by atoms with Gasteiger partial charge >= 0.3 is 16.1 Å². The van der Waals surface area contributed by atoms with E-state index in [0.717, 1.165) is 12.8 Å². The second kappa shape index (κ2) is 15.6. The van der Waals surface area contributed by atoms with E-state index in [0.29, 0.717) is 6.61 Å². The fourth-order valence-corrected chi connectivity index (χ4v) is 0.724. The van der Waals surface area contributed by atoms with Crippen LogP contribution in [0.15, 0.2) is 0 Å². The molecule has 0 fully saturated rings. The average Bonchev–Trinajstić information content (AvgIpc) is 2.05. The first-order valence-corrected chi connectivity index (χ1v) is 7.28. The molecule has 0 aliphatic carbocycles. The molecule has 0 heterocycles. The Bertz CT molecular complexity index is 150. The summed E-state index contributed by atoms with van der Waals surface area (Å²) in [5, 5.41) is 0. The number of hydrogen-bond donors (Lipinski definition) is 0. The third kappa shape index (κ3) is 29.6. The van der Waals surface area contributed by atoms with E-state index in [4.69, 9.17) is 4.52 Å². The summed E-state index contributed by atoms with van der Waals surface area (Å²) in [6.45, 7) is 5.80. The van der Waals surface area contributed by atoms with Crippen molar-refractivity contribution in [1.29, 1.82) is 0 Å². The molecule has 0 aromatic carbocycles. The Kier molecular flexibility index (Phi) is 21.9. The molecule has 0 rings (SSSR count). The lowest BCUT2D eigenvalue weighted by Crippen LogP contribution is -1.82. The zero-order chi connectivity index (χ0) is 10.7. The van der Waals surface area contributed by atoms with Gasteiger partial charge < -0.3 is 0 Å². The van der Waals surface area contributed by atoms with Gasteiger partial charge in [0.1, 0.15) is 6.61 Å². The van der Waals surface area contributed by atoms with Crippen molar-refractivity contribution in [3.8, 4) is 0 Å². The summed E-state index contributed by atoms with van der Waals surface area (Å²) in [5.41, 5.74) is 0. The second-order valence-electron chi connectivity index (χ2n) is 2.25. The highest BCUT2D eigenvalue weighted by Gasteiger charge is 2.03. The molecule has 0 amide bonds. The summed E-state index contributed by atoms with van der Waals surface area (Å²) in [6, 6.07) is 0. The Balaban J connectivity index is -0.000000177. The van der Waals surface area contributed by atoms with Gasteiger partial charge in [0.15, 0.2) is 13.3 Å². The van der Waals surface area contributed by atoms with Gasteiger partial charge in [-0.2, -0.15) is 0 Å². The summed E-state index contributed by atoms with van der Waals surface area (Å²) in [4.78, 5) is 0. The third-order valence-corrected chi connectivity index (χ3v) is 2.09. The topological polar surface area (TPSA) is 52.6 Å². The Hall–Kier alpha value is 0.120. The van der Waals surface area contributed by atoms with Crippen molar-refractivity contribution in [1.82, 2.24) is 0 Å². The fraction of sp³-hybridized carbons (Fsp3) is 1.00. The van der Waals surface area contributed by atoms with Crippen LogP contribution in [-0.4, -0.2) is 27.0 Å². The van der Waals surface area contributed by atoms with Gasteiger partial charge in [-0.25, -0.2) is 0 Å². The molecule has 0 aromatic heterocycles. The standard InChI is InChI=1S/C5H12O2P.C2H6O2P.CH4/c1-3-4-5-7-8(2)6;1-4-5(2)3;/h3-5H2,1-2H3;1-2H3;1H4/q2*+1;. The molecule has 0 radical (unpaired) electrons. The molecular formula is C8H22O4P2+2. The van der Waals surface area contributed by atoms with Crippen LogP contribution in [0.2, 0.25) is 0 Å². The molecule has 0 bridgehead atoms. The van der Waals surface area contributed by atoms with Crippen LogP contribution in [0, 0.1) is 0 Å². The SMILES string of the molecule is C.CCCCO[P+](C)=O.CO[P+](C)=O. The van der Waals surface area contributed by atoms with E-state index < -0.39 is 16.1 Å². The molecule has 0 saturated heterocycles. The maximum absolute atomic E-state index is 10.2. The molecule has 0 aliphatic rings. The van der Waals surface area contributed by atoms with Gasteiger partial charge in [0.25, 0.3) is 0 Å². The molecule has 0 aromatic rings. The van der Waals surface area contributed by atoms with E-state index in [9.17, 15) is 9.13 Å². The van der Waals surface area contributed by atoms with Crippen LogP contribution in [0.25, 0.3) is 0 Å². The molecule has 2 atom stereocenters. The zero-order valence-corrected chi connectivity index (χ0v) is 10.4. The van der Waals surface area contributed by atoms with Gasteiger partial charge in [-0.05, 0) is 15.6 Å². The summed E-state index contributed by atoms with van der Waals surface area (Å²) < 4.78 is 29.0. The van der Waals surface area contributed by atoms with E-state index in [2.05, 4.69) is 11.4 Å². The lowest BCUT2D eigenvalue weighted by atomic mass is 10.4.